The van der Waals surface area contributed by atoms with E-state index in [0.717, 1.165) is 87.8 Å². The third kappa shape index (κ3) is 5.37. The summed E-state index contributed by atoms with van der Waals surface area (Å²) in [5.74, 6) is 1.45. The number of carbonyl (C=O) groups excluding carboxylic acids is 2. The van der Waals surface area contributed by atoms with Crippen LogP contribution < -0.4 is 5.32 Å². The van der Waals surface area contributed by atoms with Crippen molar-refractivity contribution < 1.29 is 19.4 Å². The lowest BCUT2D eigenvalue weighted by Gasteiger charge is -2.29. The van der Waals surface area contributed by atoms with Crippen LogP contribution >= 0.6 is 0 Å². The van der Waals surface area contributed by atoms with E-state index in [4.69, 9.17) is 14.7 Å². The first-order chi connectivity index (χ1) is 22.2. The molecule has 0 saturated carbocycles. The van der Waals surface area contributed by atoms with Gasteiger partial charge in [0.25, 0.3) is 0 Å². The Balaban J connectivity index is 1.16. The molecule has 2 aliphatic heterocycles. The number of alkyl carbamates (subject to hydrolysis) is 1. The molecule has 2 amide bonds. The number of aliphatic hydroxyl groups is 1. The van der Waals surface area contributed by atoms with Gasteiger partial charge in [-0.25, -0.2) is 14.8 Å². The minimum atomic E-state index is -0.675. The third-order valence-electron chi connectivity index (χ3n) is 9.65. The molecular weight excluding hydrogens is 582 g/mol. The number of hydrogen-bond acceptors (Lipinski definition) is 7. The Morgan fingerprint density at radius 1 is 0.913 bits per heavy atom. The molecule has 2 fully saturated rings. The number of aromatic nitrogens is 4. The van der Waals surface area contributed by atoms with Crippen molar-refractivity contribution in [1.82, 2.24) is 35.1 Å². The van der Waals surface area contributed by atoms with Crippen LogP contribution in [0.3, 0.4) is 0 Å². The number of methoxy groups -OCH3 is 1. The predicted molar refractivity (Wildman–Crippen MR) is 177 cm³/mol. The van der Waals surface area contributed by atoms with Crippen LogP contribution in [0.15, 0.2) is 48.5 Å². The van der Waals surface area contributed by atoms with E-state index in [0.29, 0.717) is 6.54 Å². The summed E-state index contributed by atoms with van der Waals surface area (Å²) in [5.41, 5.74) is 5.88. The Bertz CT molecular complexity index is 1930. The number of nitrogens with one attached hydrogen (secondary N) is 3. The minimum Gasteiger partial charge on any atom is -0.453 e. The molecule has 2 saturated heterocycles. The zero-order valence-electron chi connectivity index (χ0n) is 26.7. The first-order valence-corrected chi connectivity index (χ1v) is 16.2. The van der Waals surface area contributed by atoms with Gasteiger partial charge in [0.15, 0.2) is 0 Å². The number of rotatable bonds is 7. The van der Waals surface area contributed by atoms with Gasteiger partial charge in [0, 0.05) is 18.5 Å². The molecule has 7 rings (SSSR count). The molecule has 0 spiro atoms. The molecule has 0 radical (unpaired) electrons. The van der Waals surface area contributed by atoms with Gasteiger partial charge in [-0.3, -0.25) is 9.69 Å². The van der Waals surface area contributed by atoms with Crippen LogP contribution in [0.25, 0.3) is 44.0 Å². The monoisotopic (exact) mass is 623 g/mol. The van der Waals surface area contributed by atoms with E-state index in [-0.39, 0.29) is 23.9 Å². The minimum absolute atomic E-state index is 0.0922. The second-order valence-corrected chi connectivity index (χ2v) is 12.9. The number of amides is 2. The van der Waals surface area contributed by atoms with Crippen molar-refractivity contribution in [2.75, 3.05) is 20.2 Å². The Kier molecular flexibility index (Phi) is 7.90. The fourth-order valence-corrected chi connectivity index (χ4v) is 7.25. The van der Waals surface area contributed by atoms with Crippen molar-refractivity contribution in [3.05, 3.63) is 60.2 Å². The van der Waals surface area contributed by atoms with E-state index in [9.17, 15) is 14.7 Å². The first kappa shape index (κ1) is 30.2. The fourth-order valence-electron chi connectivity index (χ4n) is 7.25. The molecule has 240 valence electrons. The highest BCUT2D eigenvalue weighted by Gasteiger charge is 2.37. The smallest absolute Gasteiger partial charge is 0.407 e. The van der Waals surface area contributed by atoms with Crippen LogP contribution in [-0.2, 0) is 9.53 Å². The largest absolute Gasteiger partial charge is 0.453 e. The van der Waals surface area contributed by atoms with Crippen molar-refractivity contribution in [3.63, 3.8) is 0 Å². The van der Waals surface area contributed by atoms with Crippen LogP contribution in [-0.4, -0.2) is 79.3 Å². The van der Waals surface area contributed by atoms with E-state index >= 15 is 0 Å². The fraction of sp³-hybridized carbons (Fsp3) is 0.429. The van der Waals surface area contributed by atoms with Crippen LogP contribution in [0.4, 0.5) is 4.79 Å². The molecule has 4 heterocycles. The maximum Gasteiger partial charge on any atom is 0.407 e. The van der Waals surface area contributed by atoms with Gasteiger partial charge >= 0.3 is 6.09 Å². The highest BCUT2D eigenvalue weighted by atomic mass is 16.5. The van der Waals surface area contributed by atoms with E-state index in [1.165, 1.54) is 7.11 Å². The van der Waals surface area contributed by atoms with Crippen LogP contribution in [0.1, 0.15) is 70.2 Å². The Morgan fingerprint density at radius 2 is 1.63 bits per heavy atom. The second-order valence-electron chi connectivity index (χ2n) is 12.9. The summed E-state index contributed by atoms with van der Waals surface area (Å²) in [7, 11) is 1.30. The number of aliphatic hydroxyl groups excluding tert-OH is 1. The molecule has 11 heteroatoms. The zero-order chi connectivity index (χ0) is 32.1. The number of carbonyl (C=O) groups is 2. The van der Waals surface area contributed by atoms with Gasteiger partial charge in [-0.1, -0.05) is 38.1 Å². The molecule has 46 heavy (non-hydrogen) atoms. The van der Waals surface area contributed by atoms with Gasteiger partial charge < -0.3 is 30.0 Å². The highest BCUT2D eigenvalue weighted by molar-refractivity contribution is 6.05. The maximum atomic E-state index is 13.6. The van der Waals surface area contributed by atoms with Crippen molar-refractivity contribution in [1.29, 1.82) is 0 Å². The summed E-state index contributed by atoms with van der Waals surface area (Å²) < 4.78 is 4.77. The summed E-state index contributed by atoms with van der Waals surface area (Å²) in [6.45, 7) is 7.13. The van der Waals surface area contributed by atoms with Gasteiger partial charge in [0.05, 0.1) is 41.3 Å². The number of imidazole rings is 2. The summed E-state index contributed by atoms with van der Waals surface area (Å²) in [6, 6.07) is 16.1. The highest BCUT2D eigenvalue weighted by Crippen LogP contribution is 2.36. The van der Waals surface area contributed by atoms with Gasteiger partial charge in [-0.15, -0.1) is 0 Å². The molecular formula is C35H41N7O4. The number of nitrogens with zero attached hydrogens (tertiary/aromatic N) is 4. The van der Waals surface area contributed by atoms with Crippen LogP contribution in [0, 0.1) is 5.92 Å². The van der Waals surface area contributed by atoms with Gasteiger partial charge in [-0.05, 0) is 79.3 Å². The van der Waals surface area contributed by atoms with Crippen molar-refractivity contribution >= 4 is 44.8 Å². The SMILES string of the molecule is COC(=O)N[C@H](C(=O)N1CCC[C@H]1c1nc2c(ccc3cc(-c4ccc5nc([C@@H]6CCCN6C(C)O)[nH]c5c4)ccc32)[nH]1)C(C)C. The second kappa shape index (κ2) is 12.0. The van der Waals surface area contributed by atoms with E-state index in [1.807, 2.05) is 25.7 Å². The van der Waals surface area contributed by atoms with Crippen LogP contribution in [0.5, 0.6) is 0 Å². The molecule has 1 unspecified atom stereocenters. The molecule has 2 aromatic heterocycles. The summed E-state index contributed by atoms with van der Waals surface area (Å²) in [5, 5.41) is 15.0. The molecule has 3 aromatic carbocycles. The van der Waals surface area contributed by atoms with E-state index in [2.05, 4.69) is 68.7 Å². The zero-order valence-corrected chi connectivity index (χ0v) is 26.7. The molecule has 0 aliphatic carbocycles. The third-order valence-corrected chi connectivity index (χ3v) is 9.65. The maximum absolute atomic E-state index is 13.6. The summed E-state index contributed by atoms with van der Waals surface area (Å²) in [4.78, 5) is 46.4. The summed E-state index contributed by atoms with van der Waals surface area (Å²) >= 11 is 0. The number of ether oxygens (including phenoxy) is 1. The number of likely N-dealkylation sites (tertiary alicyclic amines) is 2. The average molecular weight is 624 g/mol. The van der Waals surface area contributed by atoms with Crippen molar-refractivity contribution in [2.24, 2.45) is 5.92 Å². The first-order valence-electron chi connectivity index (χ1n) is 16.2. The van der Waals surface area contributed by atoms with Gasteiger partial charge in [0.2, 0.25) is 5.91 Å². The van der Waals surface area contributed by atoms with Crippen molar-refractivity contribution in [3.8, 4) is 11.1 Å². The van der Waals surface area contributed by atoms with Crippen LogP contribution in [0.2, 0.25) is 0 Å². The lowest BCUT2D eigenvalue weighted by atomic mass is 10.0. The quantitative estimate of drug-likeness (QED) is 0.180. The Morgan fingerprint density at radius 3 is 2.41 bits per heavy atom. The average Bonchev–Trinajstić information content (AvgIpc) is 3.86. The molecule has 2 aliphatic rings. The number of H-pyrrole nitrogens is 2. The lowest BCUT2D eigenvalue weighted by Crippen LogP contribution is -2.51. The molecule has 4 atom stereocenters. The molecule has 0 bridgehead atoms. The Hall–Kier alpha value is -4.48. The Labute approximate surface area is 267 Å². The topological polar surface area (TPSA) is 139 Å². The summed E-state index contributed by atoms with van der Waals surface area (Å²) in [6.07, 6.45) is 2.57. The van der Waals surface area contributed by atoms with Crippen molar-refractivity contribution in [2.45, 2.75) is 70.8 Å². The van der Waals surface area contributed by atoms with E-state index < -0.39 is 18.4 Å². The standard InChI is InChI=1S/C35H41N7O4/c1-19(2)30(40-35(45)46-4)34(44)42-16-6-8-29(42)33-37-26-14-11-23-17-21(9-12-24(23)31(26)39-33)22-10-13-25-27(18-22)38-32(36-25)28-7-5-15-41(28)20(3)43/h9-14,17-20,28-30,43H,5-8,15-16H2,1-4H3,(H,36,38)(H,37,39)(H,40,45)/t20?,28-,29-,30-/m0/s1. The number of fused-ring (bicyclic) bond motifs is 4. The number of aromatic amines is 2. The van der Waals surface area contributed by atoms with E-state index in [1.54, 1.807) is 0 Å². The molecule has 5 aromatic rings. The predicted octanol–water partition coefficient (Wildman–Crippen LogP) is 5.78. The van der Waals surface area contributed by atoms with Gasteiger partial charge in [-0.2, -0.15) is 0 Å². The normalized spacial score (nSPS) is 20.3. The molecule has 11 nitrogen and oxygen atoms in total. The number of benzene rings is 3. The molecule has 4 N–H and O–H groups in total. The lowest BCUT2D eigenvalue weighted by molar-refractivity contribution is -0.135. The van der Waals surface area contributed by atoms with Gasteiger partial charge in [0.1, 0.15) is 23.9 Å². The number of hydrogen-bond donors (Lipinski definition) is 4.